The molecule has 0 fully saturated rings. The van der Waals surface area contributed by atoms with E-state index in [0.717, 1.165) is 16.9 Å². The van der Waals surface area contributed by atoms with Crippen LogP contribution >= 0.6 is 24.1 Å². The van der Waals surface area contributed by atoms with E-state index < -0.39 is 56.5 Å². The van der Waals surface area contributed by atoms with Gasteiger partial charge in [0.25, 0.3) is 30.4 Å². The number of rotatable bonds is 17. The van der Waals surface area contributed by atoms with E-state index in [-0.39, 0.29) is 76.6 Å². The van der Waals surface area contributed by atoms with E-state index >= 15 is 0 Å². The predicted octanol–water partition coefficient (Wildman–Crippen LogP) is 11.5. The summed E-state index contributed by atoms with van der Waals surface area (Å²) in [6.07, 6.45) is 0. The Hall–Kier alpha value is -7.67. The van der Waals surface area contributed by atoms with Gasteiger partial charge in [-0.05, 0) is 108 Å². The fourth-order valence-corrected chi connectivity index (χ4v) is 10.7. The molecule has 9 rings (SSSR count). The Morgan fingerprint density at radius 2 is 1.24 bits per heavy atom. The zero-order valence-corrected chi connectivity index (χ0v) is 42.2. The lowest BCUT2D eigenvalue weighted by molar-refractivity contribution is -0.432. The quantitative estimate of drug-likeness (QED) is 0.0146. The maximum atomic E-state index is 12.2. The van der Waals surface area contributed by atoms with Crippen LogP contribution < -0.4 is 4.74 Å². The standard InChI is InChI=1S/C44H31N9O18S5/c1-21-11-24(5-9-33(21)47-46-25-4-3-22-13-27(72-70-68-56)16-40(31(22)15-25)75(61,62)63)45-49-36-19-37(54)35(20-38(36)67-2)48-50-43-39(73-71-69-57)14-23-12-26(6-7-29(23)44(43)55)53-51-34-10-8-30-32(42(34)52-53)17-28(74(58,59)60)18-41(30)76(64,65)66/h3-20,54-57H,1-2H3,(H,58,59,60)(H,61,62,63)(H,64,65,66). The molecule has 7 N–H and O–H groups in total. The average Bonchev–Trinajstić information content (AvgIpc) is 3.83. The molecule has 32 heteroatoms. The van der Waals surface area contributed by atoms with Gasteiger partial charge in [-0.2, -0.15) is 45.4 Å². The number of azo groups is 3. The summed E-state index contributed by atoms with van der Waals surface area (Å²) in [5.74, 6) is -0.784. The average molecular weight is 1130 g/mol. The largest absolute Gasteiger partial charge is 0.506 e. The molecule has 8 aromatic carbocycles. The summed E-state index contributed by atoms with van der Waals surface area (Å²) in [5, 5.41) is 82.4. The number of hydrogen-bond donors (Lipinski definition) is 7. The molecule has 0 radical (unpaired) electrons. The van der Waals surface area contributed by atoms with Gasteiger partial charge >= 0.3 is 0 Å². The van der Waals surface area contributed by atoms with Gasteiger partial charge in [0.1, 0.15) is 49.4 Å². The molecule has 0 saturated heterocycles. The molecule has 27 nitrogen and oxygen atoms in total. The maximum absolute atomic E-state index is 12.2. The first-order valence-corrected chi connectivity index (χ1v) is 26.6. The van der Waals surface area contributed by atoms with E-state index in [2.05, 4.69) is 59.6 Å². The third kappa shape index (κ3) is 11.2. The molecule has 9 aromatic rings. The third-order valence-corrected chi connectivity index (χ3v) is 14.8. The molecule has 0 amide bonds. The maximum Gasteiger partial charge on any atom is 0.295 e. The van der Waals surface area contributed by atoms with Crippen molar-refractivity contribution in [2.24, 2.45) is 30.7 Å². The van der Waals surface area contributed by atoms with Crippen molar-refractivity contribution >= 4 is 132 Å². The molecular weight excluding hydrogens is 1100 g/mol. The van der Waals surface area contributed by atoms with E-state index in [4.69, 9.17) is 15.3 Å². The minimum atomic E-state index is -4.98. The summed E-state index contributed by atoms with van der Waals surface area (Å²) in [4.78, 5) is -0.683. The molecular formula is C44H31N9O18S5. The van der Waals surface area contributed by atoms with E-state index in [1.54, 1.807) is 37.3 Å². The van der Waals surface area contributed by atoms with Crippen molar-refractivity contribution < 1.29 is 83.1 Å². The number of ether oxygens (including phenoxy) is 1. The first kappa shape index (κ1) is 53.2. The fourth-order valence-electron chi connectivity index (χ4n) is 7.58. The first-order chi connectivity index (χ1) is 36.1. The van der Waals surface area contributed by atoms with E-state index in [1.807, 2.05) is 0 Å². The Labute approximate surface area is 434 Å². The molecule has 0 spiro atoms. The second-order valence-electron chi connectivity index (χ2n) is 15.7. The van der Waals surface area contributed by atoms with Gasteiger partial charge in [0.2, 0.25) is 0 Å². The van der Waals surface area contributed by atoms with Crippen LogP contribution in [0.3, 0.4) is 0 Å². The Morgan fingerprint density at radius 3 is 1.93 bits per heavy atom. The van der Waals surface area contributed by atoms with Gasteiger partial charge in [-0.3, -0.25) is 13.7 Å². The van der Waals surface area contributed by atoms with Crippen molar-refractivity contribution in [1.82, 2.24) is 15.0 Å². The summed E-state index contributed by atoms with van der Waals surface area (Å²) in [7, 11) is -13.3. The van der Waals surface area contributed by atoms with Crippen LogP contribution in [0.25, 0.3) is 49.0 Å². The van der Waals surface area contributed by atoms with Crippen molar-refractivity contribution in [3.05, 3.63) is 115 Å². The van der Waals surface area contributed by atoms with Gasteiger partial charge in [-0.15, -0.1) is 34.2 Å². The monoisotopic (exact) mass is 1130 g/mol. The first-order valence-electron chi connectivity index (χ1n) is 20.8. The van der Waals surface area contributed by atoms with Gasteiger partial charge in [-0.25, -0.2) is 10.5 Å². The number of aromatic nitrogens is 3. The van der Waals surface area contributed by atoms with Crippen molar-refractivity contribution in [1.29, 1.82) is 0 Å². The number of aromatic hydroxyl groups is 2. The van der Waals surface area contributed by atoms with Crippen molar-refractivity contribution in [2.45, 2.75) is 31.4 Å². The highest BCUT2D eigenvalue weighted by Crippen LogP contribution is 2.47. The summed E-state index contributed by atoms with van der Waals surface area (Å²) in [6.45, 7) is 1.73. The summed E-state index contributed by atoms with van der Waals surface area (Å²) in [6, 6.07) is 24.8. The molecule has 0 saturated carbocycles. The van der Waals surface area contributed by atoms with Crippen LogP contribution in [-0.2, 0) is 49.1 Å². The number of hydrogen-bond acceptors (Lipinski definition) is 25. The summed E-state index contributed by atoms with van der Waals surface area (Å²) >= 11 is 0.940. The second-order valence-corrected chi connectivity index (χ2v) is 21.4. The molecule has 1 aromatic heterocycles. The smallest absolute Gasteiger partial charge is 0.295 e. The number of methoxy groups -OCH3 is 1. The van der Waals surface area contributed by atoms with Crippen LogP contribution in [0.2, 0.25) is 0 Å². The molecule has 390 valence electrons. The summed E-state index contributed by atoms with van der Waals surface area (Å²) < 4.78 is 117. The Morgan fingerprint density at radius 1 is 0.566 bits per heavy atom. The van der Waals surface area contributed by atoms with Crippen LogP contribution in [-0.4, -0.2) is 81.7 Å². The minimum Gasteiger partial charge on any atom is -0.506 e. The molecule has 0 aliphatic carbocycles. The van der Waals surface area contributed by atoms with Crippen molar-refractivity contribution in [3.63, 3.8) is 0 Å². The van der Waals surface area contributed by atoms with Crippen molar-refractivity contribution in [2.75, 3.05) is 7.11 Å². The highest BCUT2D eigenvalue weighted by Gasteiger charge is 2.24. The Balaban J connectivity index is 0.965. The van der Waals surface area contributed by atoms with Crippen LogP contribution in [0.4, 0.5) is 34.1 Å². The Kier molecular flexibility index (Phi) is 14.8. The molecule has 1 heterocycles. The van der Waals surface area contributed by atoms with Gasteiger partial charge in [0.15, 0.2) is 5.75 Å². The van der Waals surface area contributed by atoms with Crippen LogP contribution in [0.15, 0.2) is 164 Å². The number of phenolic OH excluding ortho intramolecular Hbond substituents is 2. The second kappa shape index (κ2) is 21.2. The van der Waals surface area contributed by atoms with E-state index in [0.29, 0.717) is 57.9 Å². The molecule has 0 unspecified atom stereocenters. The zero-order valence-electron chi connectivity index (χ0n) is 38.1. The van der Waals surface area contributed by atoms with E-state index in [9.17, 15) is 49.1 Å². The van der Waals surface area contributed by atoms with Gasteiger partial charge in [0, 0.05) is 38.6 Å². The van der Waals surface area contributed by atoms with E-state index in [1.165, 1.54) is 67.8 Å². The van der Waals surface area contributed by atoms with Crippen LogP contribution in [0, 0.1) is 6.92 Å². The number of phenols is 2. The number of fused-ring (bicyclic) bond motifs is 5. The van der Waals surface area contributed by atoms with Gasteiger partial charge in [0.05, 0.1) is 63.7 Å². The number of benzene rings is 8. The van der Waals surface area contributed by atoms with Crippen LogP contribution in [0.5, 0.6) is 17.2 Å². The summed E-state index contributed by atoms with van der Waals surface area (Å²) in [5.41, 5.74) is 1.81. The number of nitrogens with zero attached hydrogens (tertiary/aromatic N) is 9. The number of aryl methyl sites for hydroxylation is 1. The van der Waals surface area contributed by atoms with Crippen molar-refractivity contribution in [3.8, 4) is 22.9 Å². The minimum absolute atomic E-state index is 0.000557. The SMILES string of the molecule is COc1cc(N=Nc2c(SOOO)cc3cc(-n4nc5ccc6c(S(=O)(=O)O)cc(S(=O)(=O)O)cc6c5n4)ccc3c2O)c(O)cc1N=Nc1ccc(N=Nc2ccc3cc(SOOO)cc(S(=O)(=O)O)c3c2)c(C)c1. The molecule has 0 atom stereocenters. The third-order valence-electron chi connectivity index (χ3n) is 11.0. The molecule has 0 aliphatic rings. The Bertz CT molecular complexity index is 4300. The lowest BCUT2D eigenvalue weighted by Crippen LogP contribution is -2.04. The highest BCUT2D eigenvalue weighted by atomic mass is 32.2. The molecule has 0 aliphatic heterocycles. The van der Waals surface area contributed by atoms with Crippen LogP contribution in [0.1, 0.15) is 5.56 Å². The molecule has 0 bridgehead atoms. The van der Waals surface area contributed by atoms with Gasteiger partial charge in [-0.1, -0.05) is 22.2 Å². The highest BCUT2D eigenvalue weighted by molar-refractivity contribution is 7.95. The topological polar surface area (TPSA) is 395 Å². The normalized spacial score (nSPS) is 12.7. The predicted molar refractivity (Wildman–Crippen MR) is 269 cm³/mol. The fraction of sp³-hybridized carbons (Fsp3) is 0.0455. The lowest BCUT2D eigenvalue weighted by Gasteiger charge is -2.10. The molecule has 76 heavy (non-hydrogen) atoms. The van der Waals surface area contributed by atoms with Gasteiger partial charge < -0.3 is 14.9 Å². The lowest BCUT2D eigenvalue weighted by atomic mass is 10.1. The zero-order chi connectivity index (χ0) is 54.3.